The van der Waals surface area contributed by atoms with Crippen LogP contribution in [0.1, 0.15) is 60.2 Å². The third kappa shape index (κ3) is 6.13. The summed E-state index contributed by atoms with van der Waals surface area (Å²) in [5.41, 5.74) is 4.08. The molecule has 8 heteroatoms. The number of benzene rings is 2. The Kier molecular flexibility index (Phi) is 8.39. The molecular weight excluding hydrogens is 454 g/mol. The van der Waals surface area contributed by atoms with Crippen LogP contribution in [0.2, 0.25) is 0 Å². The van der Waals surface area contributed by atoms with Gasteiger partial charge >= 0.3 is 0 Å². The van der Waals surface area contributed by atoms with Crippen molar-refractivity contribution in [1.29, 1.82) is 0 Å². The first-order chi connectivity index (χ1) is 17.6. The molecule has 0 atom stereocenters. The molecule has 8 nitrogen and oxygen atoms in total. The summed E-state index contributed by atoms with van der Waals surface area (Å²) in [6.07, 6.45) is 8.09. The number of Topliss-reactive ketones (excluding diaryl/α,β-unsaturated/α-hetero) is 1. The maximum atomic E-state index is 11.8. The molecule has 0 aliphatic heterocycles. The lowest BCUT2D eigenvalue weighted by Crippen LogP contribution is -2.05. The standard InChI is InChI=1S/C28H31N5O3/c1-3-8-25-26(14-13-24(20(2)34)27(25)35)36-19-22-10-6-12-23(17-22)28-30-31-32-33(28)16-5-4-9-21-11-7-15-29-18-21/h6-7,10-15,17-18,35H,3-5,8-9,16,19H2,1-2H3. The van der Waals surface area contributed by atoms with Crippen LogP contribution in [0.5, 0.6) is 11.5 Å². The van der Waals surface area contributed by atoms with Crippen molar-refractivity contribution in [3.63, 3.8) is 0 Å². The monoisotopic (exact) mass is 485 g/mol. The van der Waals surface area contributed by atoms with E-state index in [1.807, 2.05) is 48.1 Å². The molecule has 0 spiro atoms. The van der Waals surface area contributed by atoms with Gasteiger partial charge in [0.2, 0.25) is 0 Å². The molecule has 1 N–H and O–H groups in total. The number of phenols is 1. The fourth-order valence-corrected chi connectivity index (χ4v) is 4.19. The number of hydrogen-bond donors (Lipinski definition) is 1. The molecule has 0 saturated carbocycles. The van der Waals surface area contributed by atoms with Gasteiger partial charge in [-0.1, -0.05) is 37.6 Å². The van der Waals surface area contributed by atoms with Gasteiger partial charge < -0.3 is 9.84 Å². The van der Waals surface area contributed by atoms with Crippen molar-refractivity contribution in [1.82, 2.24) is 25.2 Å². The number of phenolic OH excluding ortho intramolecular Hbond substituents is 1. The normalized spacial score (nSPS) is 10.9. The van der Waals surface area contributed by atoms with Crippen LogP contribution >= 0.6 is 0 Å². The number of aromatic nitrogens is 5. The van der Waals surface area contributed by atoms with Gasteiger partial charge in [0.05, 0.1) is 5.56 Å². The number of carbonyl (C=O) groups is 1. The summed E-state index contributed by atoms with van der Waals surface area (Å²) in [5, 5.41) is 22.9. The number of aryl methyl sites for hydroxylation is 2. The van der Waals surface area contributed by atoms with Gasteiger partial charge in [-0.15, -0.1) is 5.10 Å². The van der Waals surface area contributed by atoms with Crippen molar-refractivity contribution >= 4 is 5.78 Å². The van der Waals surface area contributed by atoms with Gasteiger partial charge in [0.25, 0.3) is 0 Å². The molecule has 0 fully saturated rings. The number of aromatic hydroxyl groups is 1. The Labute approximate surface area is 211 Å². The van der Waals surface area contributed by atoms with Crippen LogP contribution in [0.25, 0.3) is 11.4 Å². The van der Waals surface area contributed by atoms with E-state index in [4.69, 9.17) is 4.74 Å². The molecule has 2 aromatic heterocycles. The molecule has 0 amide bonds. The van der Waals surface area contributed by atoms with Crippen molar-refractivity contribution in [2.45, 2.75) is 59.1 Å². The molecule has 4 aromatic rings. The molecule has 0 radical (unpaired) electrons. The van der Waals surface area contributed by atoms with Crippen molar-refractivity contribution in [3.8, 4) is 22.9 Å². The molecule has 0 aliphatic rings. The Morgan fingerprint density at radius 3 is 2.69 bits per heavy atom. The highest BCUT2D eigenvalue weighted by molar-refractivity contribution is 5.97. The Bertz CT molecular complexity index is 1300. The Hall–Kier alpha value is -4.07. The zero-order chi connectivity index (χ0) is 25.3. The average Bonchev–Trinajstić information content (AvgIpc) is 3.36. The predicted octanol–water partition coefficient (Wildman–Crippen LogP) is 5.20. The second-order valence-electron chi connectivity index (χ2n) is 8.78. The summed E-state index contributed by atoms with van der Waals surface area (Å²) in [6, 6.07) is 15.4. The number of carbonyl (C=O) groups excluding carboxylic acids is 1. The topological polar surface area (TPSA) is 103 Å². The number of tetrazole rings is 1. The molecule has 186 valence electrons. The van der Waals surface area contributed by atoms with Crippen LogP contribution in [0, 0.1) is 0 Å². The molecule has 0 unspecified atom stereocenters. The Morgan fingerprint density at radius 1 is 1.06 bits per heavy atom. The van der Waals surface area contributed by atoms with Crippen LogP contribution in [-0.2, 0) is 26.0 Å². The second kappa shape index (κ2) is 12.1. The molecule has 36 heavy (non-hydrogen) atoms. The van der Waals surface area contributed by atoms with Crippen LogP contribution in [0.4, 0.5) is 0 Å². The summed E-state index contributed by atoms with van der Waals surface area (Å²) in [5.74, 6) is 1.15. The first kappa shape index (κ1) is 25.0. The highest BCUT2D eigenvalue weighted by Gasteiger charge is 2.16. The molecule has 4 rings (SSSR count). The fourth-order valence-electron chi connectivity index (χ4n) is 4.19. The highest BCUT2D eigenvalue weighted by Crippen LogP contribution is 2.33. The SMILES string of the molecule is CCCc1c(OCc2cccc(-c3nnnn3CCCCc3cccnc3)c2)ccc(C(C)=O)c1O. The highest BCUT2D eigenvalue weighted by atomic mass is 16.5. The summed E-state index contributed by atoms with van der Waals surface area (Å²) >= 11 is 0. The zero-order valence-corrected chi connectivity index (χ0v) is 20.7. The number of nitrogens with zero attached hydrogens (tertiary/aromatic N) is 5. The summed E-state index contributed by atoms with van der Waals surface area (Å²) in [4.78, 5) is 16.0. The number of pyridine rings is 1. The minimum Gasteiger partial charge on any atom is -0.507 e. The van der Waals surface area contributed by atoms with Gasteiger partial charge in [0.1, 0.15) is 18.1 Å². The van der Waals surface area contributed by atoms with Gasteiger partial charge in [-0.05, 0) is 78.4 Å². The van der Waals surface area contributed by atoms with Gasteiger partial charge in [0, 0.05) is 30.1 Å². The quantitative estimate of drug-likeness (QED) is 0.217. The fraction of sp³-hybridized carbons (Fsp3) is 0.321. The largest absolute Gasteiger partial charge is 0.507 e. The van der Waals surface area contributed by atoms with Gasteiger partial charge in [-0.25, -0.2) is 4.68 Å². The third-order valence-corrected chi connectivity index (χ3v) is 6.04. The summed E-state index contributed by atoms with van der Waals surface area (Å²) in [7, 11) is 0. The van der Waals surface area contributed by atoms with E-state index in [-0.39, 0.29) is 11.5 Å². The first-order valence-corrected chi connectivity index (χ1v) is 12.3. The minimum atomic E-state index is -0.168. The van der Waals surface area contributed by atoms with E-state index in [9.17, 15) is 9.90 Å². The zero-order valence-electron chi connectivity index (χ0n) is 20.7. The van der Waals surface area contributed by atoms with Crippen molar-refractivity contribution in [2.24, 2.45) is 0 Å². The molecule has 0 saturated heterocycles. The van der Waals surface area contributed by atoms with E-state index in [0.717, 1.165) is 43.4 Å². The lowest BCUT2D eigenvalue weighted by molar-refractivity contribution is 0.101. The predicted molar refractivity (Wildman–Crippen MR) is 137 cm³/mol. The number of ketones is 1. The van der Waals surface area contributed by atoms with Crippen LogP contribution in [0.3, 0.4) is 0 Å². The Morgan fingerprint density at radius 2 is 1.92 bits per heavy atom. The van der Waals surface area contributed by atoms with E-state index in [1.165, 1.54) is 12.5 Å². The summed E-state index contributed by atoms with van der Waals surface area (Å²) < 4.78 is 7.91. The number of hydrogen-bond acceptors (Lipinski definition) is 7. The first-order valence-electron chi connectivity index (χ1n) is 12.3. The molecule has 2 aromatic carbocycles. The van der Waals surface area contributed by atoms with Crippen molar-refractivity contribution in [3.05, 3.63) is 83.2 Å². The maximum Gasteiger partial charge on any atom is 0.182 e. The number of rotatable bonds is 12. The number of unbranched alkanes of at least 4 members (excludes halogenated alkanes) is 1. The van der Waals surface area contributed by atoms with Gasteiger partial charge in [-0.2, -0.15) is 0 Å². The van der Waals surface area contributed by atoms with Crippen LogP contribution in [-0.4, -0.2) is 36.1 Å². The lowest BCUT2D eigenvalue weighted by Gasteiger charge is -2.15. The van der Waals surface area contributed by atoms with Crippen LogP contribution < -0.4 is 4.74 Å². The molecule has 0 bridgehead atoms. The molecule has 0 aliphatic carbocycles. The Balaban J connectivity index is 1.42. The van der Waals surface area contributed by atoms with E-state index < -0.39 is 0 Å². The smallest absolute Gasteiger partial charge is 0.182 e. The summed E-state index contributed by atoms with van der Waals surface area (Å²) in [6.45, 7) is 4.52. The van der Waals surface area contributed by atoms with Crippen LogP contribution in [0.15, 0.2) is 60.9 Å². The number of ether oxygens (including phenoxy) is 1. The van der Waals surface area contributed by atoms with Crippen molar-refractivity contribution in [2.75, 3.05) is 0 Å². The minimum absolute atomic E-state index is 0.0123. The van der Waals surface area contributed by atoms with Gasteiger partial charge in [0.15, 0.2) is 11.6 Å². The van der Waals surface area contributed by atoms with E-state index in [0.29, 0.717) is 35.7 Å². The van der Waals surface area contributed by atoms with E-state index in [2.05, 4.69) is 26.6 Å². The van der Waals surface area contributed by atoms with Gasteiger partial charge in [-0.3, -0.25) is 9.78 Å². The molecular formula is C28H31N5O3. The maximum absolute atomic E-state index is 11.8. The third-order valence-electron chi connectivity index (χ3n) is 6.04. The lowest BCUT2D eigenvalue weighted by atomic mass is 10.0. The van der Waals surface area contributed by atoms with E-state index >= 15 is 0 Å². The average molecular weight is 486 g/mol. The second-order valence-corrected chi connectivity index (χ2v) is 8.78. The van der Waals surface area contributed by atoms with Crippen molar-refractivity contribution < 1.29 is 14.6 Å². The van der Waals surface area contributed by atoms with E-state index in [1.54, 1.807) is 18.3 Å². The molecule has 2 heterocycles.